The van der Waals surface area contributed by atoms with E-state index in [0.717, 1.165) is 5.69 Å². The van der Waals surface area contributed by atoms with E-state index < -0.39 is 5.82 Å². The molecule has 0 saturated heterocycles. The second kappa shape index (κ2) is 7.19. The number of hydrogen-bond donors (Lipinski definition) is 2. The molecule has 1 aromatic heterocycles. The fourth-order valence-electron chi connectivity index (χ4n) is 2.11. The zero-order valence-electron chi connectivity index (χ0n) is 13.0. The monoisotopic (exact) mass is 332 g/mol. The maximum atomic E-state index is 13.8. The first-order valence-corrected chi connectivity index (χ1v) is 7.36. The summed E-state index contributed by atoms with van der Waals surface area (Å²) in [5.74, 6) is -0.224. The van der Waals surface area contributed by atoms with Gasteiger partial charge in [-0.1, -0.05) is 36.4 Å². The molecule has 0 atom stereocenters. The quantitative estimate of drug-likeness (QED) is 0.710. The third kappa shape index (κ3) is 3.95. The average Bonchev–Trinajstić information content (AvgIpc) is 2.61. The van der Waals surface area contributed by atoms with Gasteiger partial charge in [0.05, 0.1) is 5.57 Å². The van der Waals surface area contributed by atoms with Crippen LogP contribution in [-0.4, -0.2) is 15.0 Å². The van der Waals surface area contributed by atoms with E-state index in [4.69, 9.17) is 5.73 Å². The Morgan fingerprint density at radius 1 is 1.04 bits per heavy atom. The molecular weight excluding hydrogens is 319 g/mol. The Labute approximate surface area is 143 Å². The maximum Gasteiger partial charge on any atom is 0.232 e. The fraction of sp³-hybridized carbons (Fsp3) is 0. The van der Waals surface area contributed by atoms with Gasteiger partial charge >= 0.3 is 0 Å². The van der Waals surface area contributed by atoms with Crippen LogP contribution in [0.2, 0.25) is 0 Å². The van der Waals surface area contributed by atoms with Crippen LogP contribution in [0, 0.1) is 17.1 Å². The van der Waals surface area contributed by atoms with Gasteiger partial charge in [0.15, 0.2) is 5.82 Å². The Morgan fingerprint density at radius 2 is 1.76 bits per heavy atom. The number of nitrogens with zero attached hydrogens (tertiary/aromatic N) is 4. The molecule has 0 radical (unpaired) electrons. The molecule has 3 N–H and O–H groups in total. The van der Waals surface area contributed by atoms with Crippen LogP contribution < -0.4 is 11.1 Å². The van der Waals surface area contributed by atoms with Crippen molar-refractivity contribution in [1.29, 1.82) is 5.26 Å². The van der Waals surface area contributed by atoms with Crippen LogP contribution >= 0.6 is 0 Å². The Kier molecular flexibility index (Phi) is 4.62. The number of benzene rings is 2. The SMILES string of the molecule is N#C/C(=C/c1ccccc1F)c1nc(N)nc(Nc2ccccc2)n1. The summed E-state index contributed by atoms with van der Waals surface area (Å²) in [4.78, 5) is 12.2. The van der Waals surface area contributed by atoms with Crippen molar-refractivity contribution in [2.45, 2.75) is 0 Å². The number of nitriles is 1. The van der Waals surface area contributed by atoms with Gasteiger partial charge in [-0.3, -0.25) is 0 Å². The Hall–Kier alpha value is -3.79. The zero-order valence-corrected chi connectivity index (χ0v) is 13.0. The molecule has 0 aliphatic rings. The van der Waals surface area contributed by atoms with Crippen LogP contribution in [0.5, 0.6) is 0 Å². The van der Waals surface area contributed by atoms with Gasteiger partial charge in [-0.05, 0) is 24.3 Å². The van der Waals surface area contributed by atoms with Crippen molar-refractivity contribution in [3.05, 3.63) is 71.8 Å². The smallest absolute Gasteiger partial charge is 0.232 e. The van der Waals surface area contributed by atoms with Gasteiger partial charge in [0.2, 0.25) is 11.9 Å². The molecule has 1 heterocycles. The Bertz CT molecular complexity index is 963. The van der Waals surface area contributed by atoms with E-state index in [0.29, 0.717) is 0 Å². The van der Waals surface area contributed by atoms with E-state index in [1.54, 1.807) is 18.2 Å². The fourth-order valence-corrected chi connectivity index (χ4v) is 2.11. The maximum absolute atomic E-state index is 13.8. The van der Waals surface area contributed by atoms with Crippen LogP contribution in [-0.2, 0) is 0 Å². The lowest BCUT2D eigenvalue weighted by atomic mass is 10.1. The van der Waals surface area contributed by atoms with Crippen molar-refractivity contribution in [1.82, 2.24) is 15.0 Å². The van der Waals surface area contributed by atoms with Gasteiger partial charge < -0.3 is 11.1 Å². The number of nitrogen functional groups attached to an aromatic ring is 1. The van der Waals surface area contributed by atoms with Gasteiger partial charge in [-0.15, -0.1) is 0 Å². The van der Waals surface area contributed by atoms with Gasteiger partial charge in [0.25, 0.3) is 0 Å². The van der Waals surface area contributed by atoms with Gasteiger partial charge in [0.1, 0.15) is 11.9 Å². The first-order valence-electron chi connectivity index (χ1n) is 7.36. The molecular formula is C18H13FN6. The van der Waals surface area contributed by atoms with Crippen molar-refractivity contribution < 1.29 is 4.39 Å². The molecule has 6 nitrogen and oxygen atoms in total. The average molecular weight is 332 g/mol. The summed E-state index contributed by atoms with van der Waals surface area (Å²) in [5, 5.41) is 12.4. The molecule has 0 fully saturated rings. The number of hydrogen-bond acceptors (Lipinski definition) is 6. The highest BCUT2D eigenvalue weighted by Crippen LogP contribution is 2.19. The molecule has 0 aliphatic heterocycles. The largest absolute Gasteiger partial charge is 0.368 e. The minimum absolute atomic E-state index is 0.0434. The van der Waals surface area contributed by atoms with Gasteiger partial charge in [-0.2, -0.15) is 20.2 Å². The van der Waals surface area contributed by atoms with Crippen LogP contribution in [0.1, 0.15) is 11.4 Å². The topological polar surface area (TPSA) is 101 Å². The highest BCUT2D eigenvalue weighted by atomic mass is 19.1. The number of halogens is 1. The van der Waals surface area contributed by atoms with Crippen LogP contribution in [0.4, 0.5) is 22.0 Å². The summed E-state index contributed by atoms with van der Waals surface area (Å²) < 4.78 is 13.8. The molecule has 0 amide bonds. The third-order valence-electron chi connectivity index (χ3n) is 3.25. The molecule has 0 unspecified atom stereocenters. The first-order chi connectivity index (χ1) is 12.2. The zero-order chi connectivity index (χ0) is 17.6. The molecule has 122 valence electrons. The lowest BCUT2D eigenvalue weighted by Gasteiger charge is -2.07. The van der Waals surface area contributed by atoms with Crippen LogP contribution in [0.25, 0.3) is 11.6 Å². The van der Waals surface area contributed by atoms with Crippen molar-refractivity contribution >= 4 is 29.2 Å². The molecule has 0 spiro atoms. The predicted molar refractivity (Wildman–Crippen MR) is 93.8 cm³/mol. The van der Waals surface area contributed by atoms with Gasteiger partial charge in [0, 0.05) is 11.3 Å². The molecule has 2 aromatic carbocycles. The number of nitrogens with two attached hydrogens (primary N) is 1. The molecule has 0 saturated carbocycles. The minimum atomic E-state index is -0.445. The van der Waals surface area contributed by atoms with E-state index in [1.807, 2.05) is 36.4 Å². The number of allylic oxidation sites excluding steroid dienone is 1. The molecule has 0 aliphatic carbocycles. The molecule has 3 aromatic rings. The number of anilines is 3. The third-order valence-corrected chi connectivity index (χ3v) is 3.25. The van der Waals surface area contributed by atoms with Crippen molar-refractivity contribution in [2.75, 3.05) is 11.1 Å². The molecule has 3 rings (SSSR count). The second-order valence-electron chi connectivity index (χ2n) is 5.02. The molecule has 0 bridgehead atoms. The first kappa shape index (κ1) is 16.1. The normalized spacial score (nSPS) is 11.0. The van der Waals surface area contributed by atoms with E-state index in [2.05, 4.69) is 20.3 Å². The summed E-state index contributed by atoms with van der Waals surface area (Å²) in [5.41, 5.74) is 6.81. The summed E-state index contributed by atoms with van der Waals surface area (Å²) in [6.45, 7) is 0. The Morgan fingerprint density at radius 3 is 2.48 bits per heavy atom. The van der Waals surface area contributed by atoms with Crippen molar-refractivity contribution in [3.63, 3.8) is 0 Å². The lowest BCUT2D eigenvalue weighted by molar-refractivity contribution is 0.625. The molecule has 7 heteroatoms. The minimum Gasteiger partial charge on any atom is -0.368 e. The van der Waals surface area contributed by atoms with Crippen LogP contribution in [0.3, 0.4) is 0 Å². The summed E-state index contributed by atoms with van der Waals surface area (Å²) in [7, 11) is 0. The second-order valence-corrected chi connectivity index (χ2v) is 5.02. The van der Waals surface area contributed by atoms with Crippen LogP contribution in [0.15, 0.2) is 54.6 Å². The number of rotatable bonds is 4. The van der Waals surface area contributed by atoms with Gasteiger partial charge in [-0.25, -0.2) is 4.39 Å². The highest BCUT2D eigenvalue weighted by Gasteiger charge is 2.11. The predicted octanol–water partition coefficient (Wildman–Crippen LogP) is 3.40. The molecule has 25 heavy (non-hydrogen) atoms. The van der Waals surface area contributed by atoms with E-state index in [9.17, 15) is 9.65 Å². The number of aromatic nitrogens is 3. The van der Waals surface area contributed by atoms with Crippen molar-refractivity contribution in [3.8, 4) is 6.07 Å². The van der Waals surface area contributed by atoms with E-state index in [1.165, 1.54) is 12.1 Å². The van der Waals surface area contributed by atoms with Crippen molar-refractivity contribution in [2.24, 2.45) is 0 Å². The summed E-state index contributed by atoms with van der Waals surface area (Å²) in [6, 6.07) is 17.3. The van der Waals surface area contributed by atoms with E-state index >= 15 is 0 Å². The standard InChI is InChI=1S/C18H13FN6/c19-15-9-5-4-6-12(15)10-13(11-20)16-23-17(21)25-18(24-16)22-14-7-2-1-3-8-14/h1-10H,(H3,21,22,23,24,25)/b13-10-. The summed E-state index contributed by atoms with van der Waals surface area (Å²) in [6.07, 6.45) is 1.37. The number of nitrogens with one attached hydrogen (secondary N) is 1. The summed E-state index contributed by atoms with van der Waals surface area (Å²) >= 11 is 0. The highest BCUT2D eigenvalue weighted by molar-refractivity contribution is 5.87. The number of para-hydroxylation sites is 1. The Balaban J connectivity index is 1.98. The van der Waals surface area contributed by atoms with E-state index in [-0.39, 0.29) is 28.9 Å². The lowest BCUT2D eigenvalue weighted by Crippen LogP contribution is -2.06.